The van der Waals surface area contributed by atoms with Crippen LogP contribution < -0.4 is 0 Å². The second-order valence-electron chi connectivity index (χ2n) is 3.30. The fourth-order valence-electron chi connectivity index (χ4n) is 1.74. The van der Waals surface area contributed by atoms with Gasteiger partial charge in [-0.1, -0.05) is 6.92 Å². The van der Waals surface area contributed by atoms with Crippen LogP contribution in [0.4, 0.5) is 0 Å². The molecule has 3 nitrogen and oxygen atoms in total. The molecule has 0 aromatic heterocycles. The first kappa shape index (κ1) is 9.52. The molecule has 0 aromatic carbocycles. The number of carbonyl (C=O) groups is 1. The van der Waals surface area contributed by atoms with E-state index in [0.717, 1.165) is 25.8 Å². The number of β-amino-alcohol motifs (C(OH)–C–C–N with tert-alkyl or cyclic N) is 1. The van der Waals surface area contributed by atoms with Crippen molar-refractivity contribution in [2.45, 2.75) is 26.2 Å². The zero-order valence-electron chi connectivity index (χ0n) is 7.62. The highest BCUT2D eigenvalue weighted by Gasteiger charge is 2.26. The number of nitrogens with zero attached hydrogens (tertiary/aromatic N) is 1. The summed E-state index contributed by atoms with van der Waals surface area (Å²) >= 11 is 0. The van der Waals surface area contributed by atoms with Crippen molar-refractivity contribution in [3.63, 3.8) is 0 Å². The summed E-state index contributed by atoms with van der Waals surface area (Å²) in [5, 5.41) is 8.70. The second-order valence-corrected chi connectivity index (χ2v) is 3.30. The van der Waals surface area contributed by atoms with Crippen molar-refractivity contribution in [1.82, 2.24) is 4.90 Å². The van der Waals surface area contributed by atoms with E-state index in [4.69, 9.17) is 5.11 Å². The van der Waals surface area contributed by atoms with E-state index in [1.807, 2.05) is 6.92 Å². The molecule has 0 bridgehead atoms. The molecule has 1 amide bonds. The monoisotopic (exact) mass is 171 g/mol. The lowest BCUT2D eigenvalue weighted by molar-refractivity contribution is -0.139. The van der Waals surface area contributed by atoms with Crippen LogP contribution in [0.5, 0.6) is 0 Å². The summed E-state index contributed by atoms with van der Waals surface area (Å²) in [6.45, 7) is 3.47. The van der Waals surface area contributed by atoms with Gasteiger partial charge in [0, 0.05) is 19.0 Å². The number of aliphatic hydroxyl groups excluding tert-OH is 1. The van der Waals surface area contributed by atoms with Crippen molar-refractivity contribution in [2.24, 2.45) is 5.92 Å². The molecule has 1 rings (SSSR count). The summed E-state index contributed by atoms with van der Waals surface area (Å²) in [4.78, 5) is 13.3. The molecule has 0 saturated carbocycles. The fraction of sp³-hybridized carbons (Fsp3) is 0.889. The topological polar surface area (TPSA) is 40.5 Å². The SMILES string of the molecule is CCC1CCCN(CCO)C1=O. The molecule has 1 unspecified atom stereocenters. The summed E-state index contributed by atoms with van der Waals surface area (Å²) in [6.07, 6.45) is 3.04. The molecule has 70 valence electrons. The summed E-state index contributed by atoms with van der Waals surface area (Å²) in [5.41, 5.74) is 0. The third-order valence-electron chi connectivity index (χ3n) is 2.50. The predicted octanol–water partition coefficient (Wildman–Crippen LogP) is 0.627. The van der Waals surface area contributed by atoms with Crippen molar-refractivity contribution in [3.8, 4) is 0 Å². The molecule has 12 heavy (non-hydrogen) atoms. The molecule has 3 heteroatoms. The minimum atomic E-state index is 0.0855. The predicted molar refractivity (Wildman–Crippen MR) is 46.7 cm³/mol. The van der Waals surface area contributed by atoms with Gasteiger partial charge < -0.3 is 10.0 Å². The summed E-state index contributed by atoms with van der Waals surface area (Å²) < 4.78 is 0. The van der Waals surface area contributed by atoms with E-state index in [0.29, 0.717) is 6.54 Å². The Bertz CT molecular complexity index is 157. The lowest BCUT2D eigenvalue weighted by Crippen LogP contribution is -2.42. The number of amides is 1. The Morgan fingerprint density at radius 1 is 1.67 bits per heavy atom. The number of likely N-dealkylation sites (tertiary alicyclic amines) is 1. The molecule has 1 aliphatic rings. The Hall–Kier alpha value is -0.570. The minimum Gasteiger partial charge on any atom is -0.395 e. The van der Waals surface area contributed by atoms with Gasteiger partial charge >= 0.3 is 0 Å². The van der Waals surface area contributed by atoms with E-state index in [1.54, 1.807) is 4.90 Å². The first-order valence-corrected chi connectivity index (χ1v) is 4.69. The standard InChI is InChI=1S/C9H17NO2/c1-2-8-4-3-5-10(6-7-11)9(8)12/h8,11H,2-7H2,1H3. The molecular formula is C9H17NO2. The number of piperidine rings is 1. The third kappa shape index (κ3) is 1.97. The van der Waals surface area contributed by atoms with Gasteiger partial charge in [0.25, 0.3) is 0 Å². The van der Waals surface area contributed by atoms with E-state index in [-0.39, 0.29) is 18.4 Å². The Balaban J connectivity index is 2.47. The Kier molecular flexibility index (Phi) is 3.53. The fourth-order valence-corrected chi connectivity index (χ4v) is 1.74. The van der Waals surface area contributed by atoms with Gasteiger partial charge in [0.2, 0.25) is 5.91 Å². The summed E-state index contributed by atoms with van der Waals surface area (Å²) in [7, 11) is 0. The lowest BCUT2D eigenvalue weighted by atomic mass is 9.95. The molecule has 1 N–H and O–H groups in total. The highest BCUT2D eigenvalue weighted by Crippen LogP contribution is 2.20. The van der Waals surface area contributed by atoms with Crippen LogP contribution in [0.25, 0.3) is 0 Å². The molecule has 0 spiro atoms. The molecule has 0 aromatic rings. The van der Waals surface area contributed by atoms with Gasteiger partial charge in [-0.05, 0) is 19.3 Å². The average molecular weight is 171 g/mol. The summed E-state index contributed by atoms with van der Waals surface area (Å²) in [6, 6.07) is 0. The smallest absolute Gasteiger partial charge is 0.225 e. The van der Waals surface area contributed by atoms with Crippen molar-refractivity contribution in [1.29, 1.82) is 0 Å². The van der Waals surface area contributed by atoms with Gasteiger partial charge in [-0.3, -0.25) is 4.79 Å². The van der Waals surface area contributed by atoms with E-state index in [9.17, 15) is 4.79 Å². The molecule has 1 saturated heterocycles. The van der Waals surface area contributed by atoms with Crippen LogP contribution in [-0.2, 0) is 4.79 Å². The van der Waals surface area contributed by atoms with Crippen LogP contribution in [0.15, 0.2) is 0 Å². The summed E-state index contributed by atoms with van der Waals surface area (Å²) in [5.74, 6) is 0.447. The van der Waals surface area contributed by atoms with Gasteiger partial charge in [-0.15, -0.1) is 0 Å². The van der Waals surface area contributed by atoms with Gasteiger partial charge in [0.05, 0.1) is 6.61 Å². The van der Waals surface area contributed by atoms with Crippen molar-refractivity contribution in [2.75, 3.05) is 19.7 Å². The lowest BCUT2D eigenvalue weighted by Gasteiger charge is -2.31. The highest BCUT2D eigenvalue weighted by atomic mass is 16.3. The quantitative estimate of drug-likeness (QED) is 0.676. The Morgan fingerprint density at radius 2 is 2.42 bits per heavy atom. The molecule has 1 atom stereocenters. The number of carbonyl (C=O) groups excluding carboxylic acids is 1. The number of hydrogen-bond acceptors (Lipinski definition) is 2. The zero-order chi connectivity index (χ0) is 8.97. The maximum atomic E-state index is 11.6. The third-order valence-corrected chi connectivity index (χ3v) is 2.50. The molecule has 0 aliphatic carbocycles. The first-order valence-electron chi connectivity index (χ1n) is 4.69. The number of aliphatic hydroxyl groups is 1. The Morgan fingerprint density at radius 3 is 3.00 bits per heavy atom. The molecule has 0 radical (unpaired) electrons. The van der Waals surface area contributed by atoms with Crippen molar-refractivity contribution < 1.29 is 9.90 Å². The average Bonchev–Trinajstić information content (AvgIpc) is 2.09. The van der Waals surface area contributed by atoms with Gasteiger partial charge in [0.15, 0.2) is 0 Å². The first-order chi connectivity index (χ1) is 5.79. The van der Waals surface area contributed by atoms with Gasteiger partial charge in [-0.25, -0.2) is 0 Å². The van der Waals surface area contributed by atoms with Crippen molar-refractivity contribution >= 4 is 5.91 Å². The molecular weight excluding hydrogens is 154 g/mol. The minimum absolute atomic E-state index is 0.0855. The van der Waals surface area contributed by atoms with E-state index < -0.39 is 0 Å². The van der Waals surface area contributed by atoms with Crippen LogP contribution in [0.2, 0.25) is 0 Å². The van der Waals surface area contributed by atoms with Gasteiger partial charge in [-0.2, -0.15) is 0 Å². The normalized spacial score (nSPS) is 24.7. The van der Waals surface area contributed by atoms with Crippen LogP contribution in [0.3, 0.4) is 0 Å². The van der Waals surface area contributed by atoms with Crippen molar-refractivity contribution in [3.05, 3.63) is 0 Å². The second kappa shape index (κ2) is 4.45. The Labute approximate surface area is 73.4 Å². The molecule has 1 heterocycles. The van der Waals surface area contributed by atoms with Crippen LogP contribution >= 0.6 is 0 Å². The van der Waals surface area contributed by atoms with Crippen LogP contribution in [0.1, 0.15) is 26.2 Å². The van der Waals surface area contributed by atoms with Crippen LogP contribution in [-0.4, -0.2) is 35.6 Å². The van der Waals surface area contributed by atoms with Gasteiger partial charge in [0.1, 0.15) is 0 Å². The largest absolute Gasteiger partial charge is 0.395 e. The van der Waals surface area contributed by atoms with E-state index >= 15 is 0 Å². The maximum absolute atomic E-state index is 11.6. The number of rotatable bonds is 3. The van der Waals surface area contributed by atoms with Crippen LogP contribution in [0, 0.1) is 5.92 Å². The van der Waals surface area contributed by atoms with E-state index in [1.165, 1.54) is 0 Å². The number of hydrogen-bond donors (Lipinski definition) is 1. The molecule has 1 aliphatic heterocycles. The maximum Gasteiger partial charge on any atom is 0.225 e. The van der Waals surface area contributed by atoms with E-state index in [2.05, 4.69) is 0 Å². The zero-order valence-corrected chi connectivity index (χ0v) is 7.62. The molecule has 1 fully saturated rings. The highest BCUT2D eigenvalue weighted by molar-refractivity contribution is 5.79.